The zero-order valence-corrected chi connectivity index (χ0v) is 20.3. The number of hydrogen-bond donors (Lipinski definition) is 1. The summed E-state index contributed by atoms with van der Waals surface area (Å²) in [5.41, 5.74) is 0.389. The van der Waals surface area contributed by atoms with E-state index in [2.05, 4.69) is 20.2 Å². The van der Waals surface area contributed by atoms with Crippen LogP contribution in [0, 0.1) is 0 Å². The highest BCUT2D eigenvalue weighted by Crippen LogP contribution is 2.31. The highest BCUT2D eigenvalue weighted by molar-refractivity contribution is 5.98. The molecule has 1 fully saturated rings. The highest BCUT2D eigenvalue weighted by Gasteiger charge is 2.40. The van der Waals surface area contributed by atoms with Crippen molar-refractivity contribution in [3.8, 4) is 0 Å². The third kappa shape index (κ3) is 5.38. The summed E-state index contributed by atoms with van der Waals surface area (Å²) in [5.74, 6) is -2.82. The lowest BCUT2D eigenvalue weighted by Crippen LogP contribution is -2.64. The number of rotatable bonds is 6. The molecule has 8 nitrogen and oxygen atoms in total. The molecule has 186 valence electrons. The van der Waals surface area contributed by atoms with Gasteiger partial charge in [0.15, 0.2) is 0 Å². The third-order valence-electron chi connectivity index (χ3n) is 6.18. The SMILES string of the molecule is CC1N=CC(NC(=O)c2ccnc(C(C)(F)F)c2)(N2CCOCC2)C=C1c1ccc(N(C)C)nc1. The van der Waals surface area contributed by atoms with Crippen molar-refractivity contribution < 1.29 is 18.3 Å². The van der Waals surface area contributed by atoms with E-state index in [0.717, 1.165) is 29.9 Å². The second-order valence-electron chi connectivity index (χ2n) is 9.05. The maximum Gasteiger partial charge on any atom is 0.286 e. The number of pyridine rings is 2. The Hall–Kier alpha value is -3.24. The number of carbonyl (C=O) groups is 1. The maximum atomic E-state index is 13.8. The number of nitrogens with one attached hydrogen (secondary N) is 1. The van der Waals surface area contributed by atoms with Crippen LogP contribution >= 0.6 is 0 Å². The van der Waals surface area contributed by atoms with Gasteiger partial charge in [0.25, 0.3) is 11.8 Å². The van der Waals surface area contributed by atoms with Crippen LogP contribution in [0.25, 0.3) is 5.57 Å². The lowest BCUT2D eigenvalue weighted by atomic mass is 9.92. The Morgan fingerprint density at radius 3 is 2.60 bits per heavy atom. The minimum Gasteiger partial charge on any atom is -0.379 e. The van der Waals surface area contributed by atoms with Gasteiger partial charge in [0.2, 0.25) is 0 Å². The van der Waals surface area contributed by atoms with E-state index in [1.165, 1.54) is 12.3 Å². The summed E-state index contributed by atoms with van der Waals surface area (Å²) in [6, 6.07) is 6.31. The number of ether oxygens (including phenoxy) is 1. The monoisotopic (exact) mass is 484 g/mol. The first kappa shape index (κ1) is 24.9. The maximum absolute atomic E-state index is 13.8. The average Bonchev–Trinajstić information content (AvgIpc) is 2.85. The van der Waals surface area contributed by atoms with Crippen LogP contribution in [0.5, 0.6) is 0 Å². The number of aromatic nitrogens is 2. The fraction of sp³-hybridized carbons (Fsp3) is 0.440. The molecule has 0 saturated carbocycles. The van der Waals surface area contributed by atoms with Crippen LogP contribution in [0.2, 0.25) is 0 Å². The van der Waals surface area contributed by atoms with Gasteiger partial charge in [-0.05, 0) is 48.4 Å². The van der Waals surface area contributed by atoms with Gasteiger partial charge in [-0.25, -0.2) is 4.98 Å². The van der Waals surface area contributed by atoms with Gasteiger partial charge in [-0.3, -0.25) is 19.7 Å². The largest absolute Gasteiger partial charge is 0.379 e. The molecule has 1 amide bonds. The molecule has 2 aromatic rings. The Balaban J connectivity index is 1.72. The number of dihydropyridines is 1. The number of halogens is 2. The molecular formula is C25H30F2N6O2. The smallest absolute Gasteiger partial charge is 0.286 e. The molecular weight excluding hydrogens is 454 g/mol. The summed E-state index contributed by atoms with van der Waals surface area (Å²) >= 11 is 0. The van der Waals surface area contributed by atoms with E-state index >= 15 is 0 Å². The zero-order valence-electron chi connectivity index (χ0n) is 20.3. The number of morpholine rings is 1. The van der Waals surface area contributed by atoms with Crippen LogP contribution in [0.3, 0.4) is 0 Å². The molecule has 2 unspecified atom stereocenters. The first-order chi connectivity index (χ1) is 16.6. The van der Waals surface area contributed by atoms with E-state index in [0.29, 0.717) is 26.3 Å². The summed E-state index contributed by atoms with van der Waals surface area (Å²) in [4.78, 5) is 30.3. The van der Waals surface area contributed by atoms with Gasteiger partial charge in [-0.2, -0.15) is 8.78 Å². The summed E-state index contributed by atoms with van der Waals surface area (Å²) in [5, 5.41) is 3.05. The van der Waals surface area contributed by atoms with Gasteiger partial charge >= 0.3 is 0 Å². The standard InChI is InChI=1S/C25H30F2N6O2/c1-17-20(19-5-6-22(29-15-19)32(3)4)14-25(16-30-17,33-9-11-35-12-10-33)31-23(34)18-7-8-28-21(13-18)24(2,26)27/h5-8,13-17H,9-12H2,1-4H3,(H,31,34). The Bertz CT molecular complexity index is 1120. The number of aliphatic imine (C=N–C) groups is 1. The second-order valence-corrected chi connectivity index (χ2v) is 9.05. The topological polar surface area (TPSA) is 83.0 Å². The normalized spacial score (nSPS) is 23.0. The van der Waals surface area contributed by atoms with Crippen molar-refractivity contribution in [3.63, 3.8) is 0 Å². The van der Waals surface area contributed by atoms with Gasteiger partial charge in [-0.15, -0.1) is 0 Å². The fourth-order valence-electron chi connectivity index (χ4n) is 4.17. The van der Waals surface area contributed by atoms with Crippen LogP contribution < -0.4 is 10.2 Å². The molecule has 0 spiro atoms. The van der Waals surface area contributed by atoms with Crippen LogP contribution in [0.1, 0.15) is 35.5 Å². The molecule has 2 aliphatic rings. The van der Waals surface area contributed by atoms with Crippen molar-refractivity contribution in [1.29, 1.82) is 0 Å². The minimum absolute atomic E-state index is 0.100. The predicted octanol–water partition coefficient (Wildman–Crippen LogP) is 2.97. The molecule has 2 atom stereocenters. The third-order valence-corrected chi connectivity index (χ3v) is 6.18. The van der Waals surface area contributed by atoms with E-state index in [4.69, 9.17) is 9.73 Å². The van der Waals surface area contributed by atoms with Crippen LogP contribution in [-0.4, -0.2) is 79.1 Å². The summed E-state index contributed by atoms with van der Waals surface area (Å²) in [7, 11) is 3.85. The van der Waals surface area contributed by atoms with E-state index in [1.807, 2.05) is 44.1 Å². The molecule has 0 aliphatic carbocycles. The van der Waals surface area contributed by atoms with Crippen LogP contribution in [-0.2, 0) is 10.7 Å². The molecule has 4 rings (SSSR count). The van der Waals surface area contributed by atoms with Gasteiger partial charge in [-0.1, -0.05) is 0 Å². The second kappa shape index (κ2) is 9.79. The molecule has 1 N–H and O–H groups in total. The quantitative estimate of drug-likeness (QED) is 0.679. The van der Waals surface area contributed by atoms with Crippen LogP contribution in [0.15, 0.2) is 47.7 Å². The van der Waals surface area contributed by atoms with Crippen LogP contribution in [0.4, 0.5) is 14.6 Å². The molecule has 0 bridgehead atoms. The van der Waals surface area contributed by atoms with Crippen molar-refractivity contribution in [2.45, 2.75) is 31.5 Å². The number of carbonyl (C=O) groups excluding carboxylic acids is 1. The van der Waals surface area contributed by atoms with E-state index in [-0.39, 0.29) is 11.6 Å². The van der Waals surface area contributed by atoms with Crippen molar-refractivity contribution in [2.75, 3.05) is 45.3 Å². The van der Waals surface area contributed by atoms with Gasteiger partial charge in [0.1, 0.15) is 17.2 Å². The molecule has 0 aromatic carbocycles. The highest BCUT2D eigenvalue weighted by atomic mass is 19.3. The first-order valence-corrected chi connectivity index (χ1v) is 11.5. The van der Waals surface area contributed by atoms with Gasteiger partial charge in [0, 0.05) is 58.3 Å². The summed E-state index contributed by atoms with van der Waals surface area (Å²) in [6.07, 6.45) is 6.72. The van der Waals surface area contributed by atoms with E-state index < -0.39 is 23.2 Å². The number of nitrogens with zero attached hydrogens (tertiary/aromatic N) is 5. The average molecular weight is 485 g/mol. The molecule has 2 aliphatic heterocycles. The molecule has 2 aromatic heterocycles. The Morgan fingerprint density at radius 1 is 1.23 bits per heavy atom. The van der Waals surface area contributed by atoms with Crippen molar-refractivity contribution >= 4 is 23.5 Å². The van der Waals surface area contributed by atoms with Crippen molar-refractivity contribution in [2.24, 2.45) is 4.99 Å². The first-order valence-electron chi connectivity index (χ1n) is 11.5. The Labute approximate surface area is 203 Å². The lowest BCUT2D eigenvalue weighted by molar-refractivity contribution is 0.00570. The predicted molar refractivity (Wildman–Crippen MR) is 131 cm³/mol. The van der Waals surface area contributed by atoms with Gasteiger partial charge in [0.05, 0.1) is 19.3 Å². The summed E-state index contributed by atoms with van der Waals surface area (Å²) < 4.78 is 33.2. The number of hydrogen-bond acceptors (Lipinski definition) is 7. The Morgan fingerprint density at radius 2 is 1.97 bits per heavy atom. The molecule has 35 heavy (non-hydrogen) atoms. The van der Waals surface area contributed by atoms with Crippen molar-refractivity contribution in [1.82, 2.24) is 20.2 Å². The minimum atomic E-state index is -3.15. The number of anilines is 1. The number of amides is 1. The van der Waals surface area contributed by atoms with Gasteiger partial charge < -0.3 is 15.0 Å². The Kier molecular flexibility index (Phi) is 6.95. The fourth-order valence-corrected chi connectivity index (χ4v) is 4.17. The molecule has 1 saturated heterocycles. The van der Waals surface area contributed by atoms with E-state index in [1.54, 1.807) is 12.4 Å². The molecule has 4 heterocycles. The number of alkyl halides is 2. The zero-order chi connectivity index (χ0) is 25.2. The lowest BCUT2D eigenvalue weighted by Gasteiger charge is -2.44. The van der Waals surface area contributed by atoms with Crippen molar-refractivity contribution in [3.05, 3.63) is 59.6 Å². The molecule has 10 heteroatoms. The molecule has 0 radical (unpaired) electrons. The summed E-state index contributed by atoms with van der Waals surface area (Å²) in [6.45, 7) is 4.88. The van der Waals surface area contributed by atoms with E-state index in [9.17, 15) is 13.6 Å².